The van der Waals surface area contributed by atoms with Crippen LogP contribution in [0.25, 0.3) is 0 Å². The topological polar surface area (TPSA) is 110 Å². The van der Waals surface area contributed by atoms with Crippen molar-refractivity contribution < 1.29 is 9.59 Å². The number of nitrogens with one attached hydrogen (secondary N) is 2. The molecule has 0 aromatic carbocycles. The molecular weight excluding hydrogens is 232 g/mol. The number of amides is 2. The molecule has 1 aliphatic rings. The lowest BCUT2D eigenvalue weighted by molar-refractivity contribution is -0.118. The monoisotopic (exact) mass is 256 g/mol. The maximum atomic E-state index is 10.7. The van der Waals surface area contributed by atoms with Crippen molar-refractivity contribution in [2.75, 3.05) is 13.1 Å². The van der Waals surface area contributed by atoms with Gasteiger partial charge in [-0.3, -0.25) is 9.59 Å². The molecule has 1 aliphatic carbocycles. The van der Waals surface area contributed by atoms with Crippen molar-refractivity contribution >= 4 is 11.8 Å². The fourth-order valence-corrected chi connectivity index (χ4v) is 2.38. The third-order valence-corrected chi connectivity index (χ3v) is 3.32. The highest BCUT2D eigenvalue weighted by Crippen LogP contribution is 2.18. The van der Waals surface area contributed by atoms with Crippen LogP contribution in [0.5, 0.6) is 0 Å². The highest BCUT2D eigenvalue weighted by atomic mass is 16.1. The van der Waals surface area contributed by atoms with Gasteiger partial charge >= 0.3 is 0 Å². The predicted molar refractivity (Wildman–Crippen MR) is 69.7 cm³/mol. The molecule has 1 fully saturated rings. The summed E-state index contributed by atoms with van der Waals surface area (Å²) in [6, 6.07) is 0.706. The molecule has 0 aromatic rings. The number of rotatable bonds is 8. The Morgan fingerprint density at radius 3 is 1.61 bits per heavy atom. The first kappa shape index (κ1) is 14.9. The first-order valence-electron chi connectivity index (χ1n) is 6.63. The average molecular weight is 256 g/mol. The molecule has 0 aromatic heterocycles. The Labute approximate surface area is 108 Å². The molecular formula is C12H24N4O2. The van der Waals surface area contributed by atoms with Crippen LogP contribution >= 0.6 is 0 Å². The summed E-state index contributed by atoms with van der Waals surface area (Å²) in [6.45, 7) is 1.24. The number of hydrogen-bond donors (Lipinski definition) is 4. The Morgan fingerprint density at radius 1 is 0.889 bits per heavy atom. The van der Waals surface area contributed by atoms with Gasteiger partial charge in [0.25, 0.3) is 0 Å². The molecule has 1 rings (SSSR count). The van der Waals surface area contributed by atoms with Crippen LogP contribution in [0.4, 0.5) is 0 Å². The molecule has 0 radical (unpaired) electrons. The summed E-state index contributed by atoms with van der Waals surface area (Å²) in [5.41, 5.74) is 10.2. The summed E-state index contributed by atoms with van der Waals surface area (Å²) in [4.78, 5) is 21.4. The van der Waals surface area contributed by atoms with E-state index in [9.17, 15) is 9.59 Å². The van der Waals surface area contributed by atoms with Crippen molar-refractivity contribution in [2.45, 2.75) is 50.6 Å². The Balaban J connectivity index is 2.27. The minimum absolute atomic E-state index is 0.281. The summed E-state index contributed by atoms with van der Waals surface area (Å²) in [5.74, 6) is -0.562. The molecule has 0 aliphatic heterocycles. The maximum Gasteiger partial charge on any atom is 0.218 e. The van der Waals surface area contributed by atoms with Crippen molar-refractivity contribution in [3.05, 3.63) is 0 Å². The van der Waals surface area contributed by atoms with Crippen LogP contribution in [0.1, 0.15) is 38.5 Å². The zero-order valence-electron chi connectivity index (χ0n) is 10.8. The van der Waals surface area contributed by atoms with E-state index in [1.807, 2.05) is 0 Å². The van der Waals surface area contributed by atoms with Crippen LogP contribution in [0.15, 0.2) is 0 Å². The molecule has 6 heteroatoms. The van der Waals surface area contributed by atoms with E-state index >= 15 is 0 Å². The number of primary amides is 2. The van der Waals surface area contributed by atoms with Gasteiger partial charge < -0.3 is 22.1 Å². The normalized spacial score (nSPS) is 23.8. The lowest BCUT2D eigenvalue weighted by Gasteiger charge is -2.33. The third-order valence-electron chi connectivity index (χ3n) is 3.32. The van der Waals surface area contributed by atoms with Gasteiger partial charge in [0.2, 0.25) is 11.8 Å². The van der Waals surface area contributed by atoms with Gasteiger partial charge in [0.05, 0.1) is 0 Å². The maximum absolute atomic E-state index is 10.7. The molecule has 0 heterocycles. The molecule has 104 valence electrons. The van der Waals surface area contributed by atoms with Gasteiger partial charge in [-0.2, -0.15) is 0 Å². The van der Waals surface area contributed by atoms with E-state index in [1.165, 1.54) is 12.8 Å². The van der Waals surface area contributed by atoms with E-state index in [2.05, 4.69) is 10.6 Å². The minimum Gasteiger partial charge on any atom is -0.370 e. The van der Waals surface area contributed by atoms with Crippen LogP contribution in [0, 0.1) is 0 Å². The zero-order valence-corrected chi connectivity index (χ0v) is 10.8. The molecule has 2 atom stereocenters. The number of carbonyl (C=O) groups excluding carboxylic acids is 2. The molecule has 0 bridgehead atoms. The number of nitrogens with two attached hydrogens (primary N) is 2. The smallest absolute Gasteiger partial charge is 0.218 e. The first-order chi connectivity index (χ1) is 8.59. The second-order valence-electron chi connectivity index (χ2n) is 4.84. The predicted octanol–water partition coefficient (Wildman–Crippen LogP) is -0.772. The molecule has 6 nitrogen and oxygen atoms in total. The summed E-state index contributed by atoms with van der Waals surface area (Å²) >= 11 is 0. The highest BCUT2D eigenvalue weighted by Gasteiger charge is 2.23. The van der Waals surface area contributed by atoms with Crippen LogP contribution in [-0.2, 0) is 9.59 Å². The Hall–Kier alpha value is -1.14. The lowest BCUT2D eigenvalue weighted by Crippen LogP contribution is -2.50. The van der Waals surface area contributed by atoms with Crippen molar-refractivity contribution in [1.82, 2.24) is 10.6 Å². The summed E-state index contributed by atoms with van der Waals surface area (Å²) in [6.07, 6.45) is 5.31. The van der Waals surface area contributed by atoms with Gasteiger partial charge in [0, 0.05) is 38.0 Å². The average Bonchev–Trinajstić information content (AvgIpc) is 2.30. The van der Waals surface area contributed by atoms with Crippen molar-refractivity contribution in [1.29, 1.82) is 0 Å². The minimum atomic E-state index is -0.281. The van der Waals surface area contributed by atoms with Crippen LogP contribution in [-0.4, -0.2) is 37.0 Å². The fourth-order valence-electron chi connectivity index (χ4n) is 2.38. The SMILES string of the molecule is NC(=O)CCNC1CCCCC1NCCC(N)=O. The molecule has 2 amide bonds. The van der Waals surface area contributed by atoms with E-state index in [1.54, 1.807) is 0 Å². The molecule has 0 saturated heterocycles. The Morgan fingerprint density at radius 2 is 1.28 bits per heavy atom. The Bertz CT molecular complexity index is 255. The molecule has 6 N–H and O–H groups in total. The highest BCUT2D eigenvalue weighted by molar-refractivity contribution is 5.74. The Kier molecular flexibility index (Phi) is 6.67. The summed E-state index contributed by atoms with van der Waals surface area (Å²) < 4.78 is 0. The fraction of sp³-hybridized carbons (Fsp3) is 0.833. The van der Waals surface area contributed by atoms with E-state index in [-0.39, 0.29) is 11.8 Å². The number of hydrogen-bond acceptors (Lipinski definition) is 4. The quantitative estimate of drug-likeness (QED) is 0.457. The first-order valence-corrected chi connectivity index (χ1v) is 6.63. The standard InChI is InChI=1S/C12H24N4O2/c13-11(17)5-7-15-9-3-1-2-4-10(9)16-8-6-12(14)18/h9-10,15-16H,1-8H2,(H2,13,17)(H2,14,18). The van der Waals surface area contributed by atoms with Gasteiger partial charge in [-0.1, -0.05) is 12.8 Å². The molecule has 0 spiro atoms. The van der Waals surface area contributed by atoms with Crippen molar-refractivity contribution in [3.63, 3.8) is 0 Å². The van der Waals surface area contributed by atoms with Gasteiger partial charge in [-0.05, 0) is 12.8 Å². The molecule has 18 heavy (non-hydrogen) atoms. The largest absolute Gasteiger partial charge is 0.370 e. The van der Waals surface area contributed by atoms with Crippen LogP contribution in [0.3, 0.4) is 0 Å². The third kappa shape index (κ3) is 5.97. The van der Waals surface area contributed by atoms with Gasteiger partial charge in [-0.25, -0.2) is 0 Å². The molecule has 1 saturated carbocycles. The van der Waals surface area contributed by atoms with E-state index in [4.69, 9.17) is 11.5 Å². The van der Waals surface area contributed by atoms with Crippen LogP contribution < -0.4 is 22.1 Å². The summed E-state index contributed by atoms with van der Waals surface area (Å²) in [5, 5.41) is 6.72. The van der Waals surface area contributed by atoms with E-state index in [0.717, 1.165) is 12.8 Å². The van der Waals surface area contributed by atoms with Gasteiger partial charge in [0.15, 0.2) is 0 Å². The lowest BCUT2D eigenvalue weighted by atomic mass is 9.90. The van der Waals surface area contributed by atoms with Gasteiger partial charge in [0.1, 0.15) is 0 Å². The zero-order chi connectivity index (χ0) is 13.4. The summed E-state index contributed by atoms with van der Waals surface area (Å²) in [7, 11) is 0. The molecule has 2 unspecified atom stereocenters. The second-order valence-corrected chi connectivity index (χ2v) is 4.84. The van der Waals surface area contributed by atoms with E-state index < -0.39 is 0 Å². The van der Waals surface area contributed by atoms with Gasteiger partial charge in [-0.15, -0.1) is 0 Å². The van der Waals surface area contributed by atoms with E-state index in [0.29, 0.717) is 38.0 Å². The second kappa shape index (κ2) is 8.05. The number of carbonyl (C=O) groups is 2. The van der Waals surface area contributed by atoms with Crippen molar-refractivity contribution in [3.8, 4) is 0 Å². The van der Waals surface area contributed by atoms with Crippen LogP contribution in [0.2, 0.25) is 0 Å². The van der Waals surface area contributed by atoms with Crippen molar-refractivity contribution in [2.24, 2.45) is 11.5 Å².